The third kappa shape index (κ3) is 10.2. The van der Waals surface area contributed by atoms with Crippen LogP contribution in [0.15, 0.2) is 0 Å². The molecule has 0 aromatic rings. The van der Waals surface area contributed by atoms with Crippen molar-refractivity contribution in [3.8, 4) is 0 Å². The average Bonchev–Trinajstić information content (AvgIpc) is 1.99. The number of hydrogen-bond donors (Lipinski definition) is 2. The predicted octanol–water partition coefficient (Wildman–Crippen LogP) is 0.950. The Morgan fingerprint density at radius 2 is 1.73 bits per heavy atom. The van der Waals surface area contributed by atoms with Gasteiger partial charge in [0, 0.05) is 19.1 Å². The maximum absolute atomic E-state index is 11.5. The highest BCUT2D eigenvalue weighted by atomic mass is 32.2. The second-order valence-electron chi connectivity index (χ2n) is 5.31. The molecule has 0 aromatic carbocycles. The van der Waals surface area contributed by atoms with E-state index in [-0.39, 0.29) is 11.2 Å². The minimum Gasteiger partial charge on any atom is -0.313 e. The highest BCUT2D eigenvalue weighted by Gasteiger charge is 2.15. The Labute approximate surface area is 93.9 Å². The van der Waals surface area contributed by atoms with E-state index < -0.39 is 10.0 Å². The van der Waals surface area contributed by atoms with Crippen molar-refractivity contribution in [2.24, 2.45) is 5.41 Å². The van der Waals surface area contributed by atoms with Gasteiger partial charge in [0.15, 0.2) is 0 Å². The molecule has 0 aliphatic heterocycles. The second-order valence-corrected chi connectivity index (χ2v) is 7.24. The van der Waals surface area contributed by atoms with Crippen molar-refractivity contribution in [3.63, 3.8) is 0 Å². The third-order valence-electron chi connectivity index (χ3n) is 1.75. The molecule has 0 spiro atoms. The lowest BCUT2D eigenvalue weighted by atomic mass is 9.98. The smallest absolute Gasteiger partial charge is 0.212 e. The van der Waals surface area contributed by atoms with Crippen LogP contribution in [0, 0.1) is 5.41 Å². The molecule has 0 aromatic heterocycles. The minimum atomic E-state index is -3.12. The van der Waals surface area contributed by atoms with E-state index in [2.05, 4.69) is 10.0 Å². The van der Waals surface area contributed by atoms with Crippen molar-refractivity contribution in [3.05, 3.63) is 0 Å². The summed E-state index contributed by atoms with van der Waals surface area (Å²) in [6.45, 7) is 11.0. The summed E-state index contributed by atoms with van der Waals surface area (Å²) in [4.78, 5) is 0. The summed E-state index contributed by atoms with van der Waals surface area (Å²) >= 11 is 0. The molecular formula is C10H24N2O2S. The van der Waals surface area contributed by atoms with Gasteiger partial charge in [-0.15, -0.1) is 0 Å². The summed E-state index contributed by atoms with van der Waals surface area (Å²) in [6, 6.07) is 0.322. The SMILES string of the molecule is CC(C)NCCS(=O)(=O)NCC(C)(C)C. The zero-order chi connectivity index (χ0) is 12.1. The van der Waals surface area contributed by atoms with Gasteiger partial charge >= 0.3 is 0 Å². The molecule has 0 saturated heterocycles. The first-order valence-electron chi connectivity index (χ1n) is 5.33. The number of hydrogen-bond acceptors (Lipinski definition) is 3. The first-order valence-corrected chi connectivity index (χ1v) is 6.98. The number of rotatable bonds is 6. The molecule has 92 valence electrons. The van der Waals surface area contributed by atoms with Gasteiger partial charge in [0.05, 0.1) is 5.75 Å². The van der Waals surface area contributed by atoms with E-state index >= 15 is 0 Å². The molecule has 2 N–H and O–H groups in total. The van der Waals surface area contributed by atoms with Crippen molar-refractivity contribution in [2.75, 3.05) is 18.8 Å². The first kappa shape index (κ1) is 14.9. The summed E-state index contributed by atoms with van der Waals surface area (Å²) in [5, 5.41) is 3.08. The Bertz CT molecular complexity index is 266. The Balaban J connectivity index is 3.89. The molecule has 0 heterocycles. The van der Waals surface area contributed by atoms with Gasteiger partial charge in [0.2, 0.25) is 10.0 Å². The number of nitrogens with one attached hydrogen (secondary N) is 2. The Hall–Kier alpha value is -0.130. The van der Waals surface area contributed by atoms with E-state index in [0.717, 1.165) is 0 Å². The van der Waals surface area contributed by atoms with E-state index in [0.29, 0.717) is 19.1 Å². The lowest BCUT2D eigenvalue weighted by molar-refractivity contribution is 0.407. The summed E-state index contributed by atoms with van der Waals surface area (Å²) in [5.74, 6) is 0.140. The molecule has 0 atom stereocenters. The Morgan fingerprint density at radius 3 is 2.13 bits per heavy atom. The maximum atomic E-state index is 11.5. The van der Waals surface area contributed by atoms with E-state index in [1.807, 2.05) is 34.6 Å². The monoisotopic (exact) mass is 236 g/mol. The molecule has 0 aliphatic rings. The molecule has 0 rings (SSSR count). The fourth-order valence-corrected chi connectivity index (χ4v) is 2.06. The highest BCUT2D eigenvalue weighted by molar-refractivity contribution is 7.89. The summed E-state index contributed by atoms with van der Waals surface area (Å²) < 4.78 is 25.6. The highest BCUT2D eigenvalue weighted by Crippen LogP contribution is 2.10. The molecule has 0 aliphatic carbocycles. The minimum absolute atomic E-state index is 0.0153. The van der Waals surface area contributed by atoms with Crippen LogP contribution in [0.3, 0.4) is 0 Å². The fraction of sp³-hybridized carbons (Fsp3) is 1.00. The van der Waals surface area contributed by atoms with Gasteiger partial charge < -0.3 is 5.32 Å². The van der Waals surface area contributed by atoms with E-state index in [1.165, 1.54) is 0 Å². The largest absolute Gasteiger partial charge is 0.313 e. The van der Waals surface area contributed by atoms with Gasteiger partial charge in [-0.3, -0.25) is 0 Å². The molecule has 0 amide bonds. The van der Waals surface area contributed by atoms with Gasteiger partial charge in [0.25, 0.3) is 0 Å². The topological polar surface area (TPSA) is 58.2 Å². The molecule has 0 saturated carbocycles. The lowest BCUT2D eigenvalue weighted by Gasteiger charge is -2.19. The van der Waals surface area contributed by atoms with Gasteiger partial charge in [-0.25, -0.2) is 13.1 Å². The third-order valence-corrected chi connectivity index (χ3v) is 3.07. The molecule has 0 bridgehead atoms. The van der Waals surface area contributed by atoms with Gasteiger partial charge in [0.1, 0.15) is 0 Å². The van der Waals surface area contributed by atoms with Gasteiger partial charge in [-0.1, -0.05) is 34.6 Å². The average molecular weight is 236 g/mol. The zero-order valence-electron chi connectivity index (χ0n) is 10.4. The van der Waals surface area contributed by atoms with Crippen LogP contribution in [0.4, 0.5) is 0 Å². The molecular weight excluding hydrogens is 212 g/mol. The van der Waals surface area contributed by atoms with Crippen LogP contribution in [0.2, 0.25) is 0 Å². The van der Waals surface area contributed by atoms with Crippen molar-refractivity contribution >= 4 is 10.0 Å². The summed E-state index contributed by atoms with van der Waals surface area (Å²) in [5.41, 5.74) is -0.0153. The van der Waals surface area contributed by atoms with Crippen LogP contribution in [0.1, 0.15) is 34.6 Å². The molecule has 15 heavy (non-hydrogen) atoms. The zero-order valence-corrected chi connectivity index (χ0v) is 11.2. The van der Waals surface area contributed by atoms with Crippen LogP contribution in [0.5, 0.6) is 0 Å². The van der Waals surface area contributed by atoms with Crippen molar-refractivity contribution < 1.29 is 8.42 Å². The summed E-state index contributed by atoms with van der Waals surface area (Å²) in [7, 11) is -3.12. The van der Waals surface area contributed by atoms with Crippen molar-refractivity contribution in [2.45, 2.75) is 40.7 Å². The molecule has 5 heteroatoms. The Kier molecular flexibility index (Phi) is 5.77. The van der Waals surface area contributed by atoms with Crippen LogP contribution in [-0.4, -0.2) is 33.3 Å². The standard InChI is InChI=1S/C10H24N2O2S/c1-9(2)11-6-7-15(13,14)12-8-10(3,4)5/h9,11-12H,6-8H2,1-5H3. The lowest BCUT2D eigenvalue weighted by Crippen LogP contribution is -2.37. The van der Waals surface area contributed by atoms with Crippen LogP contribution >= 0.6 is 0 Å². The van der Waals surface area contributed by atoms with Gasteiger partial charge in [-0.2, -0.15) is 0 Å². The maximum Gasteiger partial charge on any atom is 0.212 e. The normalized spacial score (nSPS) is 13.5. The number of sulfonamides is 1. The molecule has 0 unspecified atom stereocenters. The predicted molar refractivity (Wildman–Crippen MR) is 64.4 cm³/mol. The van der Waals surface area contributed by atoms with E-state index in [4.69, 9.17) is 0 Å². The fourth-order valence-electron chi connectivity index (χ4n) is 0.881. The van der Waals surface area contributed by atoms with E-state index in [1.54, 1.807) is 0 Å². The Morgan fingerprint density at radius 1 is 1.20 bits per heavy atom. The summed E-state index contributed by atoms with van der Waals surface area (Å²) in [6.07, 6.45) is 0. The quantitative estimate of drug-likeness (QED) is 0.722. The van der Waals surface area contributed by atoms with Crippen LogP contribution < -0.4 is 10.0 Å². The van der Waals surface area contributed by atoms with Crippen LogP contribution in [0.25, 0.3) is 0 Å². The van der Waals surface area contributed by atoms with E-state index in [9.17, 15) is 8.42 Å². The molecule has 0 radical (unpaired) electrons. The van der Waals surface area contributed by atoms with Gasteiger partial charge in [-0.05, 0) is 5.41 Å². The second kappa shape index (κ2) is 5.82. The van der Waals surface area contributed by atoms with Crippen molar-refractivity contribution in [1.82, 2.24) is 10.0 Å². The molecule has 0 fully saturated rings. The molecule has 4 nitrogen and oxygen atoms in total. The van der Waals surface area contributed by atoms with Crippen molar-refractivity contribution in [1.29, 1.82) is 0 Å². The first-order chi connectivity index (χ1) is 6.62. The van der Waals surface area contributed by atoms with Crippen LogP contribution in [-0.2, 0) is 10.0 Å².